The minimum Gasteiger partial charge on any atom is -0.271 e. The molecule has 6 nitrogen and oxygen atoms in total. The van der Waals surface area contributed by atoms with E-state index in [9.17, 15) is 19.2 Å². The van der Waals surface area contributed by atoms with Gasteiger partial charge in [-0.25, -0.2) is 0 Å². The summed E-state index contributed by atoms with van der Waals surface area (Å²) in [6.07, 6.45) is 7.39. The van der Waals surface area contributed by atoms with Crippen molar-refractivity contribution in [1.82, 2.24) is 9.80 Å². The van der Waals surface area contributed by atoms with Crippen molar-refractivity contribution in [1.29, 1.82) is 0 Å². The summed E-state index contributed by atoms with van der Waals surface area (Å²) >= 11 is 0. The average Bonchev–Trinajstić information content (AvgIpc) is 3.45. The van der Waals surface area contributed by atoms with E-state index in [0.717, 1.165) is 51.4 Å². The molecule has 0 bridgehead atoms. The third-order valence-electron chi connectivity index (χ3n) is 7.34. The fourth-order valence-electron chi connectivity index (χ4n) is 5.90. The second-order valence-electron chi connectivity index (χ2n) is 8.91. The second-order valence-corrected chi connectivity index (χ2v) is 8.91. The van der Waals surface area contributed by atoms with Gasteiger partial charge in [-0.3, -0.25) is 29.0 Å². The molecule has 0 saturated heterocycles. The van der Waals surface area contributed by atoms with Gasteiger partial charge in [0, 0.05) is 45.1 Å². The minimum atomic E-state index is -0.304. The SMILES string of the molecule is O=C1c2ccc3c4c(ccc(c24)C(=O)N1C1CCCC1)C(=O)N(C1CCCC1)C3=O. The molecule has 0 N–H and O–H groups in total. The Labute approximate surface area is 173 Å². The second kappa shape index (κ2) is 6.24. The van der Waals surface area contributed by atoms with E-state index in [2.05, 4.69) is 0 Å². The van der Waals surface area contributed by atoms with Crippen molar-refractivity contribution in [2.75, 3.05) is 0 Å². The maximum absolute atomic E-state index is 13.3. The molecular weight excluding hydrogens is 380 g/mol. The van der Waals surface area contributed by atoms with Gasteiger partial charge in [0.25, 0.3) is 23.6 Å². The fraction of sp³-hybridized carbons (Fsp3) is 0.417. The molecule has 6 heteroatoms. The standard InChI is InChI=1S/C24H22N2O4/c27-21-15-9-11-17-20-18(24(30)26(23(17)29)14-7-3-4-8-14)12-10-16(19(15)20)22(28)25(21)13-5-1-2-6-13/h9-14H,1-8H2. The van der Waals surface area contributed by atoms with Crippen molar-refractivity contribution in [3.63, 3.8) is 0 Å². The summed E-state index contributed by atoms with van der Waals surface area (Å²) in [5.41, 5.74) is 1.69. The summed E-state index contributed by atoms with van der Waals surface area (Å²) < 4.78 is 0. The van der Waals surface area contributed by atoms with Crippen LogP contribution < -0.4 is 0 Å². The Bertz CT molecular complexity index is 994. The summed E-state index contributed by atoms with van der Waals surface area (Å²) in [6.45, 7) is 0. The third-order valence-corrected chi connectivity index (χ3v) is 7.34. The number of carbonyl (C=O) groups is 4. The summed E-state index contributed by atoms with van der Waals surface area (Å²) in [4.78, 5) is 56.0. The van der Waals surface area contributed by atoms with Gasteiger partial charge in [-0.05, 0) is 49.9 Å². The number of hydrogen-bond acceptors (Lipinski definition) is 4. The van der Waals surface area contributed by atoms with Crippen LogP contribution in [0.2, 0.25) is 0 Å². The zero-order valence-electron chi connectivity index (χ0n) is 16.6. The smallest absolute Gasteiger partial charge is 0.261 e. The molecule has 2 heterocycles. The Hall–Kier alpha value is -3.02. The molecule has 2 aliphatic carbocycles. The number of rotatable bonds is 2. The van der Waals surface area contributed by atoms with E-state index < -0.39 is 0 Å². The van der Waals surface area contributed by atoms with Gasteiger partial charge in [0.1, 0.15) is 0 Å². The minimum absolute atomic E-state index is 0.0680. The highest BCUT2D eigenvalue weighted by Crippen LogP contribution is 2.41. The molecule has 2 aromatic rings. The molecule has 0 aromatic heterocycles. The molecule has 4 amide bonds. The molecule has 2 saturated carbocycles. The van der Waals surface area contributed by atoms with Crippen molar-refractivity contribution in [3.8, 4) is 0 Å². The maximum atomic E-state index is 13.3. The van der Waals surface area contributed by atoms with Gasteiger partial charge in [0.05, 0.1) is 0 Å². The van der Waals surface area contributed by atoms with Gasteiger partial charge in [-0.2, -0.15) is 0 Å². The van der Waals surface area contributed by atoms with Crippen molar-refractivity contribution in [2.24, 2.45) is 0 Å². The Morgan fingerprint density at radius 2 is 0.767 bits per heavy atom. The molecule has 30 heavy (non-hydrogen) atoms. The topological polar surface area (TPSA) is 74.8 Å². The lowest BCUT2D eigenvalue weighted by molar-refractivity contribution is 0.0520. The largest absolute Gasteiger partial charge is 0.271 e. The van der Waals surface area contributed by atoms with Crippen molar-refractivity contribution in [3.05, 3.63) is 46.5 Å². The molecular formula is C24H22N2O4. The van der Waals surface area contributed by atoms with Gasteiger partial charge in [0.2, 0.25) is 0 Å². The lowest BCUT2D eigenvalue weighted by Gasteiger charge is -2.35. The Morgan fingerprint density at radius 3 is 1.03 bits per heavy atom. The van der Waals surface area contributed by atoms with Crippen LogP contribution in [0.4, 0.5) is 0 Å². The van der Waals surface area contributed by atoms with Crippen LogP contribution in [-0.4, -0.2) is 45.5 Å². The van der Waals surface area contributed by atoms with Gasteiger partial charge in [-0.15, -0.1) is 0 Å². The van der Waals surface area contributed by atoms with Crippen LogP contribution in [0.3, 0.4) is 0 Å². The lowest BCUT2D eigenvalue weighted by atomic mass is 9.85. The molecule has 0 radical (unpaired) electrons. The number of benzene rings is 2. The van der Waals surface area contributed by atoms with E-state index in [1.54, 1.807) is 24.3 Å². The van der Waals surface area contributed by atoms with Crippen molar-refractivity contribution >= 4 is 34.4 Å². The summed E-state index contributed by atoms with van der Waals surface area (Å²) in [6, 6.07) is 6.54. The molecule has 0 atom stereocenters. The molecule has 2 aliphatic heterocycles. The number of hydrogen-bond donors (Lipinski definition) is 0. The number of nitrogens with zero attached hydrogens (tertiary/aromatic N) is 2. The first-order chi connectivity index (χ1) is 14.6. The molecule has 2 aromatic carbocycles. The summed E-state index contributed by atoms with van der Waals surface area (Å²) in [5.74, 6) is -1.22. The molecule has 2 fully saturated rings. The Morgan fingerprint density at radius 1 is 0.500 bits per heavy atom. The molecule has 0 unspecified atom stereocenters. The van der Waals surface area contributed by atoms with Gasteiger partial charge >= 0.3 is 0 Å². The predicted octanol–water partition coefficient (Wildman–Crippen LogP) is 3.92. The van der Waals surface area contributed by atoms with Gasteiger partial charge < -0.3 is 0 Å². The quantitative estimate of drug-likeness (QED) is 0.714. The van der Waals surface area contributed by atoms with E-state index in [1.807, 2.05) is 0 Å². The zero-order chi connectivity index (χ0) is 20.6. The van der Waals surface area contributed by atoms with Crippen LogP contribution in [-0.2, 0) is 0 Å². The first kappa shape index (κ1) is 17.8. The van der Waals surface area contributed by atoms with Crippen LogP contribution in [0.25, 0.3) is 10.8 Å². The fourth-order valence-corrected chi connectivity index (χ4v) is 5.90. The van der Waals surface area contributed by atoms with Crippen LogP contribution in [0.15, 0.2) is 24.3 Å². The lowest BCUT2D eigenvalue weighted by Crippen LogP contribution is -2.48. The summed E-state index contributed by atoms with van der Waals surface area (Å²) in [5, 5.41) is 0.948. The molecule has 6 rings (SSSR count). The highest BCUT2D eigenvalue weighted by Gasteiger charge is 2.43. The van der Waals surface area contributed by atoms with E-state index in [4.69, 9.17) is 0 Å². The number of imide groups is 2. The van der Waals surface area contributed by atoms with Crippen LogP contribution in [0, 0.1) is 0 Å². The Kier molecular flexibility index (Phi) is 3.70. The predicted molar refractivity (Wildman–Crippen MR) is 109 cm³/mol. The van der Waals surface area contributed by atoms with Gasteiger partial charge in [0.15, 0.2) is 0 Å². The van der Waals surface area contributed by atoms with E-state index in [1.165, 1.54) is 9.80 Å². The monoisotopic (exact) mass is 402 g/mol. The zero-order valence-corrected chi connectivity index (χ0v) is 16.6. The van der Waals surface area contributed by atoms with Crippen LogP contribution in [0.5, 0.6) is 0 Å². The highest BCUT2D eigenvalue weighted by atomic mass is 16.2. The molecule has 152 valence electrons. The van der Waals surface area contributed by atoms with E-state index in [0.29, 0.717) is 33.0 Å². The van der Waals surface area contributed by atoms with E-state index in [-0.39, 0.29) is 35.7 Å². The maximum Gasteiger partial charge on any atom is 0.261 e. The van der Waals surface area contributed by atoms with Gasteiger partial charge in [-0.1, -0.05) is 25.7 Å². The number of amides is 4. The summed E-state index contributed by atoms with van der Waals surface area (Å²) in [7, 11) is 0. The van der Waals surface area contributed by atoms with Crippen LogP contribution in [0.1, 0.15) is 92.8 Å². The number of carbonyl (C=O) groups excluding carboxylic acids is 4. The first-order valence-electron chi connectivity index (χ1n) is 10.9. The Balaban J connectivity index is 1.55. The van der Waals surface area contributed by atoms with E-state index >= 15 is 0 Å². The molecule has 4 aliphatic rings. The molecule has 0 spiro atoms. The first-order valence-corrected chi connectivity index (χ1v) is 10.9. The highest BCUT2D eigenvalue weighted by molar-refractivity contribution is 6.33. The third kappa shape index (κ3) is 2.19. The van der Waals surface area contributed by atoms with Crippen molar-refractivity contribution < 1.29 is 19.2 Å². The van der Waals surface area contributed by atoms with Crippen LogP contribution >= 0.6 is 0 Å². The van der Waals surface area contributed by atoms with Crippen molar-refractivity contribution in [2.45, 2.75) is 63.5 Å². The normalized spacial score (nSPS) is 22.1. The average molecular weight is 402 g/mol.